The van der Waals surface area contributed by atoms with Crippen LogP contribution >= 0.6 is 11.6 Å². The maximum atomic E-state index is 13.2. The number of nitrogens with one attached hydrogen (secondary N) is 1. The van der Waals surface area contributed by atoms with Gasteiger partial charge in [0.05, 0.1) is 5.02 Å². The van der Waals surface area contributed by atoms with Crippen molar-refractivity contribution in [2.45, 2.75) is 18.8 Å². The van der Waals surface area contributed by atoms with Crippen molar-refractivity contribution < 1.29 is 4.39 Å². The predicted octanol–water partition coefficient (Wildman–Crippen LogP) is 2.95. The molecule has 1 nitrogen and oxygen atoms in total. The minimum atomic E-state index is -0.310. The van der Waals surface area contributed by atoms with Crippen LogP contribution in [-0.4, -0.2) is 13.1 Å². The highest BCUT2D eigenvalue weighted by Crippen LogP contribution is 2.26. The summed E-state index contributed by atoms with van der Waals surface area (Å²) in [5, 5.41) is 3.52. The van der Waals surface area contributed by atoms with E-state index in [-0.39, 0.29) is 10.8 Å². The van der Waals surface area contributed by atoms with E-state index in [4.69, 9.17) is 11.6 Å². The third-order valence-corrected chi connectivity index (χ3v) is 3.02. The van der Waals surface area contributed by atoms with E-state index in [1.807, 2.05) is 6.07 Å². The molecule has 1 heterocycles. The van der Waals surface area contributed by atoms with Crippen molar-refractivity contribution in [3.8, 4) is 0 Å². The van der Waals surface area contributed by atoms with Crippen molar-refractivity contribution >= 4 is 11.6 Å². The van der Waals surface area contributed by atoms with E-state index in [0.29, 0.717) is 5.92 Å². The van der Waals surface area contributed by atoms with E-state index in [9.17, 15) is 4.39 Å². The molecule has 0 saturated carbocycles. The van der Waals surface area contributed by atoms with Crippen molar-refractivity contribution in [2.24, 2.45) is 0 Å². The molecule has 76 valence electrons. The minimum absolute atomic E-state index is 0.206. The summed E-state index contributed by atoms with van der Waals surface area (Å²) < 4.78 is 13.2. The number of piperidine rings is 1. The van der Waals surface area contributed by atoms with Gasteiger partial charge < -0.3 is 5.32 Å². The van der Waals surface area contributed by atoms with Gasteiger partial charge in [0.1, 0.15) is 5.82 Å². The zero-order valence-corrected chi connectivity index (χ0v) is 8.65. The lowest BCUT2D eigenvalue weighted by atomic mass is 9.92. The second-order valence-electron chi connectivity index (χ2n) is 3.72. The standard InChI is InChI=1S/C11H13ClFN/c12-10-4-3-8(6-11(10)13)9-2-1-5-14-7-9/h3-4,6,9,14H,1-2,5,7H2. The fourth-order valence-electron chi connectivity index (χ4n) is 1.90. The summed E-state index contributed by atoms with van der Waals surface area (Å²) in [7, 11) is 0. The number of hydrogen-bond donors (Lipinski definition) is 1. The van der Waals surface area contributed by atoms with Gasteiger partial charge in [0.25, 0.3) is 0 Å². The van der Waals surface area contributed by atoms with E-state index in [0.717, 1.165) is 31.5 Å². The molecule has 1 fully saturated rings. The van der Waals surface area contributed by atoms with Crippen LogP contribution in [0.5, 0.6) is 0 Å². The monoisotopic (exact) mass is 213 g/mol. The molecule has 0 radical (unpaired) electrons. The Morgan fingerprint density at radius 1 is 1.43 bits per heavy atom. The second-order valence-corrected chi connectivity index (χ2v) is 4.12. The van der Waals surface area contributed by atoms with Gasteiger partial charge in [-0.25, -0.2) is 4.39 Å². The highest BCUT2D eigenvalue weighted by atomic mass is 35.5. The first-order valence-electron chi connectivity index (χ1n) is 4.93. The average Bonchev–Trinajstić information content (AvgIpc) is 2.23. The van der Waals surface area contributed by atoms with Gasteiger partial charge in [-0.05, 0) is 43.0 Å². The van der Waals surface area contributed by atoms with Crippen LogP contribution < -0.4 is 5.32 Å². The van der Waals surface area contributed by atoms with Gasteiger partial charge >= 0.3 is 0 Å². The van der Waals surface area contributed by atoms with Crippen LogP contribution in [0.3, 0.4) is 0 Å². The second kappa shape index (κ2) is 4.28. The van der Waals surface area contributed by atoms with Gasteiger partial charge in [-0.1, -0.05) is 17.7 Å². The molecule has 0 aromatic heterocycles. The SMILES string of the molecule is Fc1cc(C2CCCNC2)ccc1Cl. The van der Waals surface area contributed by atoms with Crippen molar-refractivity contribution in [3.05, 3.63) is 34.6 Å². The normalized spacial score (nSPS) is 22.3. The molecule has 0 aliphatic carbocycles. The highest BCUT2D eigenvalue weighted by Gasteiger charge is 2.15. The van der Waals surface area contributed by atoms with Gasteiger partial charge in [0, 0.05) is 6.54 Å². The van der Waals surface area contributed by atoms with Crippen LogP contribution in [0.2, 0.25) is 5.02 Å². The lowest BCUT2D eigenvalue weighted by molar-refractivity contribution is 0.460. The average molecular weight is 214 g/mol. The summed E-state index contributed by atoms with van der Waals surface area (Å²) in [6.07, 6.45) is 2.29. The van der Waals surface area contributed by atoms with E-state index >= 15 is 0 Å². The van der Waals surface area contributed by atoms with Gasteiger partial charge in [-0.2, -0.15) is 0 Å². The molecule has 1 unspecified atom stereocenters. The summed E-state index contributed by atoms with van der Waals surface area (Å²) in [5.41, 5.74) is 1.05. The number of benzene rings is 1. The predicted molar refractivity (Wildman–Crippen MR) is 56.3 cm³/mol. The molecule has 1 aliphatic heterocycles. The van der Waals surface area contributed by atoms with Gasteiger partial charge in [-0.15, -0.1) is 0 Å². The third kappa shape index (κ3) is 2.07. The Kier molecular flexibility index (Phi) is 3.04. The molecule has 1 atom stereocenters. The minimum Gasteiger partial charge on any atom is -0.316 e. The van der Waals surface area contributed by atoms with Crippen molar-refractivity contribution in [2.75, 3.05) is 13.1 Å². The Balaban J connectivity index is 2.18. The van der Waals surface area contributed by atoms with E-state index < -0.39 is 0 Å². The molecular formula is C11H13ClFN. The summed E-state index contributed by atoms with van der Waals surface area (Å²) in [6, 6.07) is 5.11. The van der Waals surface area contributed by atoms with E-state index in [2.05, 4.69) is 5.32 Å². The van der Waals surface area contributed by atoms with Crippen LogP contribution in [-0.2, 0) is 0 Å². The molecule has 0 amide bonds. The first-order valence-corrected chi connectivity index (χ1v) is 5.31. The molecule has 3 heteroatoms. The largest absolute Gasteiger partial charge is 0.316 e. The van der Waals surface area contributed by atoms with Crippen molar-refractivity contribution in [1.29, 1.82) is 0 Å². The van der Waals surface area contributed by atoms with E-state index in [1.165, 1.54) is 0 Å². The van der Waals surface area contributed by atoms with Crippen LogP contribution in [0, 0.1) is 5.82 Å². The first kappa shape index (κ1) is 9.94. The van der Waals surface area contributed by atoms with E-state index in [1.54, 1.807) is 12.1 Å². The lowest BCUT2D eigenvalue weighted by Gasteiger charge is -2.23. The zero-order valence-electron chi connectivity index (χ0n) is 7.89. The Labute approximate surface area is 88.3 Å². The van der Waals surface area contributed by atoms with Crippen LogP contribution in [0.4, 0.5) is 4.39 Å². The van der Waals surface area contributed by atoms with Crippen LogP contribution in [0.1, 0.15) is 24.3 Å². The maximum Gasteiger partial charge on any atom is 0.142 e. The molecule has 2 rings (SSSR count). The van der Waals surface area contributed by atoms with Gasteiger partial charge in [-0.3, -0.25) is 0 Å². The third-order valence-electron chi connectivity index (χ3n) is 2.71. The van der Waals surface area contributed by atoms with Crippen LogP contribution in [0.15, 0.2) is 18.2 Å². The summed E-state index contributed by atoms with van der Waals surface area (Å²) in [6.45, 7) is 2.02. The number of halogens is 2. The maximum absolute atomic E-state index is 13.2. The van der Waals surface area contributed by atoms with Crippen LogP contribution in [0.25, 0.3) is 0 Å². The van der Waals surface area contributed by atoms with Gasteiger partial charge in [0.2, 0.25) is 0 Å². The highest BCUT2D eigenvalue weighted by molar-refractivity contribution is 6.30. The molecule has 1 aliphatic rings. The molecule has 0 spiro atoms. The Hall–Kier alpha value is -0.600. The first-order chi connectivity index (χ1) is 6.77. The summed E-state index contributed by atoms with van der Waals surface area (Å²) in [5.74, 6) is 0.130. The van der Waals surface area contributed by atoms with Gasteiger partial charge in [0.15, 0.2) is 0 Å². The molecule has 1 aromatic carbocycles. The molecular weight excluding hydrogens is 201 g/mol. The Morgan fingerprint density at radius 2 is 2.29 bits per heavy atom. The smallest absolute Gasteiger partial charge is 0.142 e. The molecule has 1 aromatic rings. The molecule has 0 bridgehead atoms. The van der Waals surface area contributed by atoms with Crippen molar-refractivity contribution in [3.63, 3.8) is 0 Å². The summed E-state index contributed by atoms with van der Waals surface area (Å²) >= 11 is 5.63. The number of rotatable bonds is 1. The summed E-state index contributed by atoms with van der Waals surface area (Å²) in [4.78, 5) is 0. The zero-order chi connectivity index (χ0) is 9.97. The molecule has 1 N–H and O–H groups in total. The molecule has 14 heavy (non-hydrogen) atoms. The fraction of sp³-hybridized carbons (Fsp3) is 0.455. The fourth-order valence-corrected chi connectivity index (χ4v) is 2.02. The molecule has 1 saturated heterocycles. The quantitative estimate of drug-likeness (QED) is 0.757. The topological polar surface area (TPSA) is 12.0 Å². The lowest BCUT2D eigenvalue weighted by Crippen LogP contribution is -2.28. The Morgan fingerprint density at radius 3 is 2.93 bits per heavy atom. The van der Waals surface area contributed by atoms with Crippen molar-refractivity contribution in [1.82, 2.24) is 5.32 Å². The Bertz CT molecular complexity index is 321. The number of hydrogen-bond acceptors (Lipinski definition) is 1.